The highest BCUT2D eigenvalue weighted by Gasteiger charge is 2.42. The molecule has 2 atom stereocenters. The third kappa shape index (κ3) is 4.09. The number of hydrogen-bond donors (Lipinski definition) is 2. The van der Waals surface area contributed by atoms with Crippen molar-refractivity contribution < 1.29 is 18.0 Å². The number of nitrogens with zero attached hydrogens (tertiary/aromatic N) is 1. The molecule has 0 bridgehead atoms. The summed E-state index contributed by atoms with van der Waals surface area (Å²) in [6.07, 6.45) is -2.08. The smallest absolute Gasteiger partial charge is 0.352 e. The van der Waals surface area contributed by atoms with Gasteiger partial charge >= 0.3 is 6.18 Å². The fraction of sp³-hybridized carbons (Fsp3) is 0.923. The molecule has 4 nitrogen and oxygen atoms in total. The molecular formula is C13H22F3N3O. The van der Waals surface area contributed by atoms with E-state index in [0.29, 0.717) is 0 Å². The average molecular weight is 293 g/mol. The number of carbonyl (C=O) groups is 1. The van der Waals surface area contributed by atoms with E-state index in [4.69, 9.17) is 0 Å². The Balaban J connectivity index is 1.75. The lowest BCUT2D eigenvalue weighted by atomic mass is 9.93. The predicted molar refractivity (Wildman–Crippen MR) is 69.2 cm³/mol. The first-order valence-electron chi connectivity index (χ1n) is 7.15. The Kier molecular flexibility index (Phi) is 4.90. The van der Waals surface area contributed by atoms with E-state index in [0.717, 1.165) is 25.9 Å². The van der Waals surface area contributed by atoms with Crippen molar-refractivity contribution in [2.75, 3.05) is 26.7 Å². The maximum absolute atomic E-state index is 12.5. The molecule has 0 radical (unpaired) electrons. The minimum atomic E-state index is -4.16. The van der Waals surface area contributed by atoms with Gasteiger partial charge in [-0.2, -0.15) is 13.2 Å². The predicted octanol–water partition coefficient (Wildman–Crippen LogP) is 1.13. The van der Waals surface area contributed by atoms with E-state index in [-0.39, 0.29) is 31.3 Å². The van der Waals surface area contributed by atoms with Crippen molar-refractivity contribution in [3.63, 3.8) is 0 Å². The van der Waals surface area contributed by atoms with Crippen molar-refractivity contribution >= 4 is 5.91 Å². The number of amides is 1. The van der Waals surface area contributed by atoms with Crippen LogP contribution in [0.15, 0.2) is 0 Å². The normalized spacial score (nSPS) is 30.2. The summed E-state index contributed by atoms with van der Waals surface area (Å²) >= 11 is 0. The summed E-state index contributed by atoms with van der Waals surface area (Å²) in [5, 5.41) is 5.68. The summed E-state index contributed by atoms with van der Waals surface area (Å²) in [5.74, 6) is -1.48. The van der Waals surface area contributed by atoms with Crippen molar-refractivity contribution in [2.45, 2.75) is 43.9 Å². The second-order valence-electron chi connectivity index (χ2n) is 5.86. The molecule has 2 rings (SSSR count). The quantitative estimate of drug-likeness (QED) is 0.802. The molecule has 2 unspecified atom stereocenters. The van der Waals surface area contributed by atoms with Crippen LogP contribution in [0, 0.1) is 5.92 Å². The van der Waals surface area contributed by atoms with E-state index >= 15 is 0 Å². The number of hydrogen-bond acceptors (Lipinski definition) is 3. The third-order valence-corrected chi connectivity index (χ3v) is 4.26. The topological polar surface area (TPSA) is 44.4 Å². The molecular weight excluding hydrogens is 271 g/mol. The van der Waals surface area contributed by atoms with Crippen LogP contribution in [0.25, 0.3) is 0 Å². The number of alkyl halides is 3. The summed E-state index contributed by atoms with van der Waals surface area (Å²) in [7, 11) is 2.04. The number of carbonyl (C=O) groups excluding carboxylic acids is 1. The van der Waals surface area contributed by atoms with E-state index < -0.39 is 18.1 Å². The molecule has 1 amide bonds. The van der Waals surface area contributed by atoms with Crippen LogP contribution in [-0.4, -0.2) is 55.7 Å². The van der Waals surface area contributed by atoms with Crippen LogP contribution in [0.4, 0.5) is 13.2 Å². The minimum absolute atomic E-state index is 0.0298. The van der Waals surface area contributed by atoms with Gasteiger partial charge in [-0.3, -0.25) is 4.79 Å². The second kappa shape index (κ2) is 6.30. The molecule has 0 aromatic rings. The van der Waals surface area contributed by atoms with E-state index in [1.165, 1.54) is 0 Å². The highest BCUT2D eigenvalue weighted by molar-refractivity contribution is 5.82. The van der Waals surface area contributed by atoms with Crippen LogP contribution in [0.5, 0.6) is 0 Å². The van der Waals surface area contributed by atoms with Crippen LogP contribution in [0.1, 0.15) is 25.7 Å². The SMILES string of the molecule is CN1CCC(NC(=O)C2CCC(C(F)(F)F)CN2)CC1. The maximum atomic E-state index is 12.5. The molecule has 0 spiro atoms. The molecule has 20 heavy (non-hydrogen) atoms. The van der Waals surface area contributed by atoms with Crippen LogP contribution >= 0.6 is 0 Å². The zero-order chi connectivity index (χ0) is 14.8. The summed E-state index contributed by atoms with van der Waals surface area (Å²) in [6, 6.07) is -0.325. The molecule has 0 aromatic heterocycles. The first kappa shape index (κ1) is 15.6. The van der Waals surface area contributed by atoms with Crippen molar-refractivity contribution in [1.82, 2.24) is 15.5 Å². The van der Waals surface area contributed by atoms with E-state index in [2.05, 4.69) is 15.5 Å². The molecule has 0 aromatic carbocycles. The van der Waals surface area contributed by atoms with Gasteiger partial charge in [-0.15, -0.1) is 0 Å². The summed E-state index contributed by atoms with van der Waals surface area (Å²) < 4.78 is 37.6. The Morgan fingerprint density at radius 2 is 1.85 bits per heavy atom. The highest BCUT2D eigenvalue weighted by Crippen LogP contribution is 2.31. The first-order chi connectivity index (χ1) is 9.36. The highest BCUT2D eigenvalue weighted by atomic mass is 19.4. The maximum Gasteiger partial charge on any atom is 0.393 e. The molecule has 2 heterocycles. The van der Waals surface area contributed by atoms with Gasteiger partial charge in [-0.1, -0.05) is 0 Å². The van der Waals surface area contributed by atoms with Gasteiger partial charge in [0.05, 0.1) is 12.0 Å². The van der Waals surface area contributed by atoms with Crippen molar-refractivity contribution in [3.05, 3.63) is 0 Å². The molecule has 2 aliphatic rings. The molecule has 2 saturated heterocycles. The fourth-order valence-corrected chi connectivity index (χ4v) is 2.81. The summed E-state index contributed by atoms with van der Waals surface area (Å²) in [4.78, 5) is 14.2. The zero-order valence-corrected chi connectivity index (χ0v) is 11.7. The van der Waals surface area contributed by atoms with Gasteiger partial charge in [0.25, 0.3) is 0 Å². The fourth-order valence-electron chi connectivity index (χ4n) is 2.81. The van der Waals surface area contributed by atoms with Gasteiger partial charge in [0.2, 0.25) is 5.91 Å². The van der Waals surface area contributed by atoms with Crippen LogP contribution in [0.3, 0.4) is 0 Å². The Morgan fingerprint density at radius 3 is 2.35 bits per heavy atom. The number of rotatable bonds is 2. The molecule has 2 N–H and O–H groups in total. The average Bonchev–Trinajstić information content (AvgIpc) is 2.40. The van der Waals surface area contributed by atoms with Gasteiger partial charge in [0.15, 0.2) is 0 Å². The Labute approximate surface area is 117 Å². The second-order valence-corrected chi connectivity index (χ2v) is 5.86. The summed E-state index contributed by atoms with van der Waals surface area (Å²) in [5.41, 5.74) is 0. The monoisotopic (exact) mass is 293 g/mol. The van der Waals surface area contributed by atoms with Gasteiger partial charge in [0, 0.05) is 12.6 Å². The van der Waals surface area contributed by atoms with Gasteiger partial charge in [-0.25, -0.2) is 0 Å². The Morgan fingerprint density at radius 1 is 1.20 bits per heavy atom. The molecule has 7 heteroatoms. The first-order valence-corrected chi connectivity index (χ1v) is 7.15. The summed E-state index contributed by atoms with van der Waals surface area (Å²) in [6.45, 7) is 1.73. The number of nitrogens with one attached hydrogen (secondary N) is 2. The Hall–Kier alpha value is -0.820. The molecule has 2 aliphatic heterocycles. The Bertz CT molecular complexity index is 332. The molecule has 0 aliphatic carbocycles. The van der Waals surface area contributed by atoms with Crippen molar-refractivity contribution in [3.8, 4) is 0 Å². The lowest BCUT2D eigenvalue weighted by Crippen LogP contribution is -2.54. The standard InChI is InChI=1S/C13H22F3N3O/c1-19-6-4-10(5-7-19)18-12(20)11-3-2-9(8-17-11)13(14,15)16/h9-11,17H,2-8H2,1H3,(H,18,20). The van der Waals surface area contributed by atoms with E-state index in [9.17, 15) is 18.0 Å². The minimum Gasteiger partial charge on any atom is -0.352 e. The van der Waals surface area contributed by atoms with Gasteiger partial charge < -0.3 is 15.5 Å². The van der Waals surface area contributed by atoms with Crippen LogP contribution < -0.4 is 10.6 Å². The van der Waals surface area contributed by atoms with Gasteiger partial charge in [0.1, 0.15) is 0 Å². The van der Waals surface area contributed by atoms with Crippen LogP contribution in [0.2, 0.25) is 0 Å². The van der Waals surface area contributed by atoms with E-state index in [1.54, 1.807) is 0 Å². The number of likely N-dealkylation sites (tertiary alicyclic amines) is 1. The number of halogens is 3. The number of piperidine rings is 2. The third-order valence-electron chi connectivity index (χ3n) is 4.26. The van der Waals surface area contributed by atoms with E-state index in [1.807, 2.05) is 7.05 Å². The molecule has 2 fully saturated rings. The van der Waals surface area contributed by atoms with Crippen molar-refractivity contribution in [2.24, 2.45) is 5.92 Å². The lowest BCUT2D eigenvalue weighted by Gasteiger charge is -2.33. The lowest BCUT2D eigenvalue weighted by molar-refractivity contribution is -0.180. The zero-order valence-electron chi connectivity index (χ0n) is 11.7. The largest absolute Gasteiger partial charge is 0.393 e. The van der Waals surface area contributed by atoms with Crippen LogP contribution in [-0.2, 0) is 4.79 Å². The van der Waals surface area contributed by atoms with Gasteiger partial charge in [-0.05, 0) is 45.8 Å². The van der Waals surface area contributed by atoms with Crippen molar-refractivity contribution in [1.29, 1.82) is 0 Å². The molecule has 0 saturated carbocycles. The molecule has 116 valence electrons.